The van der Waals surface area contributed by atoms with E-state index in [2.05, 4.69) is 15.5 Å². The molecule has 9 heteroatoms. The summed E-state index contributed by atoms with van der Waals surface area (Å²) in [6.45, 7) is 3.55. The number of nitrogens with zero attached hydrogens (tertiary/aromatic N) is 2. The lowest BCUT2D eigenvalue weighted by Crippen LogP contribution is -2.27. The second-order valence-electron chi connectivity index (χ2n) is 6.91. The molecular formula is C18H21N3O6. The minimum Gasteiger partial charge on any atom is -0.493 e. The maximum absolute atomic E-state index is 12.2. The van der Waals surface area contributed by atoms with Gasteiger partial charge in [0, 0.05) is 5.56 Å². The Morgan fingerprint density at radius 3 is 2.52 bits per heavy atom. The summed E-state index contributed by atoms with van der Waals surface area (Å²) >= 11 is 0. The number of aliphatic carboxylic acids is 1. The molecule has 1 amide bonds. The number of rotatable bonds is 7. The van der Waals surface area contributed by atoms with Gasteiger partial charge in [-0.3, -0.25) is 9.59 Å². The van der Waals surface area contributed by atoms with Gasteiger partial charge in [0.25, 0.3) is 0 Å². The minimum absolute atomic E-state index is 0.0258. The highest BCUT2D eigenvalue weighted by Crippen LogP contribution is 2.58. The summed E-state index contributed by atoms with van der Waals surface area (Å²) in [5.74, 6) is -0.867. The molecule has 0 aliphatic heterocycles. The van der Waals surface area contributed by atoms with Gasteiger partial charge in [-0.25, -0.2) is 0 Å². The van der Waals surface area contributed by atoms with Crippen LogP contribution in [0.2, 0.25) is 0 Å². The van der Waals surface area contributed by atoms with Crippen LogP contribution in [0.4, 0.5) is 0 Å². The normalized spacial score (nSPS) is 20.0. The van der Waals surface area contributed by atoms with Crippen LogP contribution in [0.3, 0.4) is 0 Å². The predicted molar refractivity (Wildman–Crippen MR) is 93.1 cm³/mol. The number of benzene rings is 1. The maximum atomic E-state index is 12.2. The van der Waals surface area contributed by atoms with E-state index < -0.39 is 23.2 Å². The second kappa shape index (κ2) is 6.90. The van der Waals surface area contributed by atoms with Crippen LogP contribution in [0.25, 0.3) is 11.4 Å². The molecule has 1 heterocycles. The van der Waals surface area contributed by atoms with Crippen molar-refractivity contribution in [1.82, 2.24) is 15.5 Å². The lowest BCUT2D eigenvalue weighted by Gasteiger charge is -2.07. The first-order chi connectivity index (χ1) is 12.8. The molecule has 27 heavy (non-hydrogen) atoms. The van der Waals surface area contributed by atoms with Gasteiger partial charge in [0.15, 0.2) is 11.5 Å². The average molecular weight is 375 g/mol. The number of aromatic nitrogens is 2. The van der Waals surface area contributed by atoms with Gasteiger partial charge in [0.05, 0.1) is 32.6 Å². The molecule has 3 rings (SSSR count). The lowest BCUT2D eigenvalue weighted by atomic mass is 10.1. The number of ether oxygens (including phenoxy) is 2. The monoisotopic (exact) mass is 375 g/mol. The Balaban J connectivity index is 1.65. The van der Waals surface area contributed by atoms with Crippen LogP contribution in [0, 0.1) is 17.3 Å². The molecule has 0 bridgehead atoms. The smallest absolute Gasteiger partial charge is 0.307 e. The van der Waals surface area contributed by atoms with E-state index in [4.69, 9.17) is 19.1 Å². The first-order valence-corrected chi connectivity index (χ1v) is 8.35. The standard InChI is InChI=1S/C18H21N3O6/c1-18(2)13(14(18)17(23)24)16(22)19-8-12-20-15(21-27-12)9-5-6-10(25-3)11(7-9)26-4/h5-7,13-14H,8H2,1-4H3,(H,19,22)(H,23,24)/t13-,14+/m0/s1. The number of carbonyl (C=O) groups excluding carboxylic acids is 1. The van der Waals surface area contributed by atoms with Gasteiger partial charge in [0.2, 0.25) is 17.6 Å². The van der Waals surface area contributed by atoms with Crippen LogP contribution in [-0.4, -0.2) is 41.3 Å². The van der Waals surface area contributed by atoms with Crippen molar-refractivity contribution in [3.05, 3.63) is 24.1 Å². The highest BCUT2D eigenvalue weighted by Gasteiger charge is 2.65. The summed E-state index contributed by atoms with van der Waals surface area (Å²) in [5, 5.41) is 15.7. The molecule has 0 unspecified atom stereocenters. The number of hydrogen-bond donors (Lipinski definition) is 2. The summed E-state index contributed by atoms with van der Waals surface area (Å²) < 4.78 is 15.6. The molecule has 2 N–H and O–H groups in total. The third-order valence-electron chi connectivity index (χ3n) is 4.90. The van der Waals surface area contributed by atoms with E-state index in [9.17, 15) is 9.59 Å². The third kappa shape index (κ3) is 3.44. The van der Waals surface area contributed by atoms with E-state index in [1.165, 1.54) is 7.11 Å². The van der Waals surface area contributed by atoms with Crippen molar-refractivity contribution < 1.29 is 28.7 Å². The molecule has 0 spiro atoms. The molecule has 9 nitrogen and oxygen atoms in total. The summed E-state index contributed by atoms with van der Waals surface area (Å²) in [5.41, 5.74) is 0.110. The van der Waals surface area contributed by atoms with Crippen LogP contribution >= 0.6 is 0 Å². The number of hydrogen-bond acceptors (Lipinski definition) is 7. The van der Waals surface area contributed by atoms with Crippen molar-refractivity contribution in [2.45, 2.75) is 20.4 Å². The zero-order valence-corrected chi connectivity index (χ0v) is 15.5. The van der Waals surface area contributed by atoms with Crippen molar-refractivity contribution in [1.29, 1.82) is 0 Å². The van der Waals surface area contributed by atoms with Crippen molar-refractivity contribution in [2.75, 3.05) is 14.2 Å². The molecule has 2 aromatic rings. The molecule has 1 saturated carbocycles. The number of carboxylic acids is 1. The van der Waals surface area contributed by atoms with Crippen LogP contribution < -0.4 is 14.8 Å². The zero-order chi connectivity index (χ0) is 19.8. The number of nitrogens with one attached hydrogen (secondary N) is 1. The number of amides is 1. The fourth-order valence-electron chi connectivity index (χ4n) is 3.28. The fraction of sp³-hybridized carbons (Fsp3) is 0.444. The van der Waals surface area contributed by atoms with Crippen molar-refractivity contribution in [3.63, 3.8) is 0 Å². The Morgan fingerprint density at radius 1 is 1.22 bits per heavy atom. The first kappa shape index (κ1) is 18.7. The molecule has 1 aromatic carbocycles. The highest BCUT2D eigenvalue weighted by molar-refractivity contribution is 5.91. The van der Waals surface area contributed by atoms with E-state index in [1.54, 1.807) is 39.2 Å². The fourth-order valence-corrected chi connectivity index (χ4v) is 3.28. The zero-order valence-electron chi connectivity index (χ0n) is 15.5. The first-order valence-electron chi connectivity index (χ1n) is 8.35. The third-order valence-corrected chi connectivity index (χ3v) is 4.90. The summed E-state index contributed by atoms with van der Waals surface area (Å²) in [7, 11) is 3.07. The molecule has 1 aliphatic carbocycles. The van der Waals surface area contributed by atoms with E-state index in [-0.39, 0.29) is 18.3 Å². The second-order valence-corrected chi connectivity index (χ2v) is 6.91. The Hall–Kier alpha value is -3.10. The quantitative estimate of drug-likeness (QED) is 0.750. The van der Waals surface area contributed by atoms with Gasteiger partial charge in [-0.1, -0.05) is 19.0 Å². The molecule has 0 saturated heterocycles. The molecule has 0 radical (unpaired) electrons. The van der Waals surface area contributed by atoms with Gasteiger partial charge in [-0.2, -0.15) is 4.98 Å². The molecule has 1 aromatic heterocycles. The van der Waals surface area contributed by atoms with Crippen LogP contribution in [0.5, 0.6) is 11.5 Å². The molecule has 1 fully saturated rings. The van der Waals surface area contributed by atoms with Crippen molar-refractivity contribution in [3.8, 4) is 22.9 Å². The number of methoxy groups -OCH3 is 2. The Morgan fingerprint density at radius 2 is 1.93 bits per heavy atom. The van der Waals surface area contributed by atoms with Crippen molar-refractivity contribution in [2.24, 2.45) is 17.3 Å². The van der Waals surface area contributed by atoms with E-state index in [0.29, 0.717) is 22.9 Å². The van der Waals surface area contributed by atoms with E-state index in [0.717, 1.165) is 0 Å². The maximum Gasteiger partial charge on any atom is 0.307 e. The minimum atomic E-state index is -0.964. The predicted octanol–water partition coefficient (Wildman–Crippen LogP) is 1.73. The summed E-state index contributed by atoms with van der Waals surface area (Å²) in [6, 6.07) is 5.21. The average Bonchev–Trinajstić information content (AvgIpc) is 2.99. The van der Waals surface area contributed by atoms with Crippen LogP contribution in [-0.2, 0) is 16.1 Å². The molecule has 1 aliphatic rings. The molecular weight excluding hydrogens is 354 g/mol. The SMILES string of the molecule is COc1ccc(-c2noc(CNC(=O)[C@@H]3[C@H](C(=O)O)C3(C)C)n2)cc1OC. The Kier molecular flexibility index (Phi) is 4.77. The Bertz CT molecular complexity index is 876. The van der Waals surface area contributed by atoms with Gasteiger partial charge >= 0.3 is 5.97 Å². The van der Waals surface area contributed by atoms with Gasteiger partial charge < -0.3 is 24.4 Å². The Labute approximate surface area is 155 Å². The topological polar surface area (TPSA) is 124 Å². The highest BCUT2D eigenvalue weighted by atomic mass is 16.5. The number of carbonyl (C=O) groups is 2. The van der Waals surface area contributed by atoms with Gasteiger partial charge in [-0.05, 0) is 23.6 Å². The summed E-state index contributed by atoms with van der Waals surface area (Å²) in [4.78, 5) is 27.7. The van der Waals surface area contributed by atoms with Crippen LogP contribution in [0.1, 0.15) is 19.7 Å². The molecule has 2 atom stereocenters. The van der Waals surface area contributed by atoms with Crippen LogP contribution in [0.15, 0.2) is 22.7 Å². The largest absolute Gasteiger partial charge is 0.493 e. The van der Waals surface area contributed by atoms with Gasteiger partial charge in [0.1, 0.15) is 0 Å². The van der Waals surface area contributed by atoms with Crippen molar-refractivity contribution >= 4 is 11.9 Å². The number of carboxylic acid groups (broad SMARTS) is 1. The van der Waals surface area contributed by atoms with E-state index in [1.807, 2.05) is 0 Å². The summed E-state index contributed by atoms with van der Waals surface area (Å²) in [6.07, 6.45) is 0. The van der Waals surface area contributed by atoms with Gasteiger partial charge in [-0.15, -0.1) is 0 Å². The van der Waals surface area contributed by atoms with E-state index >= 15 is 0 Å². The lowest BCUT2D eigenvalue weighted by molar-refractivity contribution is -0.140. The molecule has 144 valence electrons.